The van der Waals surface area contributed by atoms with Gasteiger partial charge >= 0.3 is 5.97 Å². The van der Waals surface area contributed by atoms with E-state index in [4.69, 9.17) is 5.11 Å². The summed E-state index contributed by atoms with van der Waals surface area (Å²) in [6.07, 6.45) is 3.44. The van der Waals surface area contributed by atoms with Crippen LogP contribution >= 0.6 is 0 Å². The second-order valence-corrected chi connectivity index (χ2v) is 5.88. The standard InChI is InChI=1S/C10H16N2O4S/c1-11-7-5-9(8-11)17(15,16)12(2)6-3-4-10(13)14/h5,7-8H,3-4,6H2,1-2H3,(H,13,14). The number of aryl methyl sites for hydroxylation is 1. The zero-order valence-electron chi connectivity index (χ0n) is 9.83. The molecule has 1 aromatic heterocycles. The lowest BCUT2D eigenvalue weighted by atomic mass is 10.3. The molecule has 1 aromatic rings. The maximum absolute atomic E-state index is 12.0. The van der Waals surface area contributed by atoms with Crippen molar-refractivity contribution in [2.45, 2.75) is 17.7 Å². The zero-order valence-corrected chi connectivity index (χ0v) is 10.6. The summed E-state index contributed by atoms with van der Waals surface area (Å²) in [5.74, 6) is -0.921. The average molecular weight is 260 g/mol. The van der Waals surface area contributed by atoms with E-state index in [0.29, 0.717) is 6.42 Å². The molecular formula is C10H16N2O4S. The Bertz CT molecular complexity index is 492. The van der Waals surface area contributed by atoms with Crippen LogP contribution in [0.15, 0.2) is 23.4 Å². The minimum Gasteiger partial charge on any atom is -0.481 e. The van der Waals surface area contributed by atoms with Gasteiger partial charge in [0.05, 0.1) is 4.90 Å². The lowest BCUT2D eigenvalue weighted by molar-refractivity contribution is -0.137. The van der Waals surface area contributed by atoms with E-state index < -0.39 is 16.0 Å². The number of nitrogens with zero attached hydrogens (tertiary/aromatic N) is 2. The molecule has 0 saturated carbocycles. The molecule has 0 aliphatic carbocycles. The fourth-order valence-electron chi connectivity index (χ4n) is 1.38. The first-order chi connectivity index (χ1) is 7.84. The highest BCUT2D eigenvalue weighted by atomic mass is 32.2. The topological polar surface area (TPSA) is 79.6 Å². The van der Waals surface area contributed by atoms with Gasteiger partial charge in [0.1, 0.15) is 0 Å². The summed E-state index contributed by atoms with van der Waals surface area (Å²) in [7, 11) is -0.308. The Morgan fingerprint density at radius 2 is 2.18 bits per heavy atom. The Balaban J connectivity index is 2.67. The lowest BCUT2D eigenvalue weighted by Gasteiger charge is -2.15. The Morgan fingerprint density at radius 1 is 1.53 bits per heavy atom. The van der Waals surface area contributed by atoms with Gasteiger partial charge in [-0.25, -0.2) is 12.7 Å². The van der Waals surface area contributed by atoms with Gasteiger partial charge in [-0.1, -0.05) is 0 Å². The Hall–Kier alpha value is -1.34. The second kappa shape index (κ2) is 5.33. The second-order valence-electron chi connectivity index (χ2n) is 3.84. The summed E-state index contributed by atoms with van der Waals surface area (Å²) in [6.45, 7) is 0.198. The number of rotatable bonds is 6. The van der Waals surface area contributed by atoms with Crippen molar-refractivity contribution >= 4 is 16.0 Å². The molecule has 0 aliphatic heterocycles. The summed E-state index contributed by atoms with van der Waals surface area (Å²) in [6, 6.07) is 1.52. The normalized spacial score (nSPS) is 11.9. The monoisotopic (exact) mass is 260 g/mol. The van der Waals surface area contributed by atoms with E-state index in [-0.39, 0.29) is 17.9 Å². The van der Waals surface area contributed by atoms with Crippen molar-refractivity contribution in [2.75, 3.05) is 13.6 Å². The molecule has 0 bridgehead atoms. The number of carbonyl (C=O) groups is 1. The molecule has 0 atom stereocenters. The molecule has 0 radical (unpaired) electrons. The molecule has 0 saturated heterocycles. The number of hydrogen-bond acceptors (Lipinski definition) is 3. The van der Waals surface area contributed by atoms with Crippen molar-refractivity contribution in [3.63, 3.8) is 0 Å². The Labute approximate surface area is 101 Å². The Morgan fingerprint density at radius 3 is 2.65 bits per heavy atom. The van der Waals surface area contributed by atoms with Crippen molar-refractivity contribution in [1.29, 1.82) is 0 Å². The van der Waals surface area contributed by atoms with E-state index in [9.17, 15) is 13.2 Å². The third kappa shape index (κ3) is 3.57. The summed E-state index contributed by atoms with van der Waals surface area (Å²) in [4.78, 5) is 10.6. The number of carboxylic acids is 1. The van der Waals surface area contributed by atoms with Crippen LogP contribution in [-0.4, -0.2) is 42.0 Å². The molecule has 1 N–H and O–H groups in total. The molecule has 0 spiro atoms. The highest BCUT2D eigenvalue weighted by Crippen LogP contribution is 2.14. The van der Waals surface area contributed by atoms with Gasteiger partial charge in [0.15, 0.2) is 0 Å². The maximum atomic E-state index is 12.0. The van der Waals surface area contributed by atoms with Crippen molar-refractivity contribution in [2.24, 2.45) is 7.05 Å². The van der Waals surface area contributed by atoms with E-state index in [2.05, 4.69) is 0 Å². The van der Waals surface area contributed by atoms with Crippen molar-refractivity contribution in [1.82, 2.24) is 8.87 Å². The molecule has 7 heteroatoms. The van der Waals surface area contributed by atoms with Gasteiger partial charge in [-0.05, 0) is 12.5 Å². The van der Waals surface area contributed by atoms with E-state index in [0.717, 1.165) is 0 Å². The first-order valence-electron chi connectivity index (χ1n) is 5.14. The minimum atomic E-state index is -3.50. The van der Waals surface area contributed by atoms with Crippen LogP contribution in [0, 0.1) is 0 Å². The predicted octanol–water partition coefficient (Wildman–Crippen LogP) is 0.510. The minimum absolute atomic E-state index is 0.0331. The van der Waals surface area contributed by atoms with Crippen LogP contribution in [-0.2, 0) is 21.9 Å². The van der Waals surface area contributed by atoms with Crippen LogP contribution < -0.4 is 0 Å². The third-order valence-corrected chi connectivity index (χ3v) is 4.22. The number of aromatic nitrogens is 1. The molecular weight excluding hydrogens is 244 g/mol. The fraction of sp³-hybridized carbons (Fsp3) is 0.500. The van der Waals surface area contributed by atoms with Crippen molar-refractivity contribution in [3.8, 4) is 0 Å². The molecule has 0 amide bonds. The van der Waals surface area contributed by atoms with Gasteiger partial charge in [0.2, 0.25) is 10.0 Å². The fourth-order valence-corrected chi connectivity index (χ4v) is 2.65. The molecule has 0 aliphatic rings. The highest BCUT2D eigenvalue weighted by molar-refractivity contribution is 7.89. The summed E-state index contributed by atoms with van der Waals surface area (Å²) in [5.41, 5.74) is 0. The summed E-state index contributed by atoms with van der Waals surface area (Å²) >= 11 is 0. The van der Waals surface area contributed by atoms with Gasteiger partial charge in [0, 0.05) is 39.5 Å². The van der Waals surface area contributed by atoms with Crippen LogP contribution in [0.4, 0.5) is 0 Å². The van der Waals surface area contributed by atoms with Crippen LogP contribution in [0.1, 0.15) is 12.8 Å². The zero-order chi connectivity index (χ0) is 13.1. The first-order valence-corrected chi connectivity index (χ1v) is 6.58. The quantitative estimate of drug-likeness (QED) is 0.808. The van der Waals surface area contributed by atoms with Crippen LogP contribution in [0.2, 0.25) is 0 Å². The molecule has 17 heavy (non-hydrogen) atoms. The third-order valence-electron chi connectivity index (χ3n) is 2.38. The Kier molecular flexibility index (Phi) is 4.30. The lowest BCUT2D eigenvalue weighted by Crippen LogP contribution is -2.28. The largest absolute Gasteiger partial charge is 0.481 e. The SMILES string of the molecule is CN(CCCC(=O)O)S(=O)(=O)c1ccn(C)c1. The number of hydrogen-bond donors (Lipinski definition) is 1. The number of carboxylic acid groups (broad SMARTS) is 1. The van der Waals surface area contributed by atoms with Gasteiger partial charge < -0.3 is 9.67 Å². The van der Waals surface area contributed by atoms with Gasteiger partial charge in [-0.15, -0.1) is 0 Å². The molecule has 0 aromatic carbocycles. The molecule has 96 valence electrons. The van der Waals surface area contributed by atoms with Crippen molar-refractivity contribution in [3.05, 3.63) is 18.5 Å². The molecule has 1 heterocycles. The van der Waals surface area contributed by atoms with Crippen LogP contribution in [0.5, 0.6) is 0 Å². The molecule has 0 unspecified atom stereocenters. The average Bonchev–Trinajstić information content (AvgIpc) is 2.64. The molecule has 6 nitrogen and oxygen atoms in total. The smallest absolute Gasteiger partial charge is 0.303 e. The van der Waals surface area contributed by atoms with E-state index in [1.54, 1.807) is 17.8 Å². The first kappa shape index (κ1) is 13.7. The van der Waals surface area contributed by atoms with E-state index >= 15 is 0 Å². The van der Waals surface area contributed by atoms with Gasteiger partial charge in [-0.3, -0.25) is 4.79 Å². The highest BCUT2D eigenvalue weighted by Gasteiger charge is 2.21. The summed E-state index contributed by atoms with van der Waals surface area (Å²) < 4.78 is 26.8. The molecule has 0 fully saturated rings. The maximum Gasteiger partial charge on any atom is 0.303 e. The van der Waals surface area contributed by atoms with Crippen LogP contribution in [0.3, 0.4) is 0 Å². The van der Waals surface area contributed by atoms with Gasteiger partial charge in [0.25, 0.3) is 0 Å². The van der Waals surface area contributed by atoms with Crippen LogP contribution in [0.25, 0.3) is 0 Å². The molecule has 1 rings (SSSR count). The summed E-state index contributed by atoms with van der Waals surface area (Å²) in [5, 5.41) is 8.48. The van der Waals surface area contributed by atoms with Gasteiger partial charge in [-0.2, -0.15) is 0 Å². The van der Waals surface area contributed by atoms with Crippen molar-refractivity contribution < 1.29 is 18.3 Å². The number of sulfonamides is 1. The number of aliphatic carboxylic acids is 1. The predicted molar refractivity (Wildman–Crippen MR) is 62.1 cm³/mol. The van der Waals surface area contributed by atoms with E-state index in [1.807, 2.05) is 0 Å². The van der Waals surface area contributed by atoms with E-state index in [1.165, 1.54) is 23.6 Å².